The number of fused-ring (bicyclic) bond motifs is 1. The zero-order valence-electron chi connectivity index (χ0n) is 11.7. The van der Waals surface area contributed by atoms with E-state index in [0.29, 0.717) is 25.9 Å². The molecule has 1 N–H and O–H groups in total. The molecule has 0 radical (unpaired) electrons. The van der Waals surface area contributed by atoms with Crippen LogP contribution < -0.4 is 4.74 Å². The summed E-state index contributed by atoms with van der Waals surface area (Å²) in [6.45, 7) is 4.21. The fourth-order valence-electron chi connectivity index (χ4n) is 2.38. The zero-order valence-corrected chi connectivity index (χ0v) is 11.7. The number of aliphatic hydroxyl groups is 1. The van der Waals surface area contributed by atoms with Crippen LogP contribution in [0.15, 0.2) is 18.2 Å². The van der Waals surface area contributed by atoms with Crippen molar-refractivity contribution in [3.8, 4) is 5.75 Å². The first-order valence-corrected chi connectivity index (χ1v) is 7.09. The van der Waals surface area contributed by atoms with Gasteiger partial charge in [0.05, 0.1) is 5.60 Å². The molecule has 0 unspecified atom stereocenters. The van der Waals surface area contributed by atoms with Gasteiger partial charge in [-0.25, -0.2) is 0 Å². The number of aryl methyl sites for hydroxylation is 1. The summed E-state index contributed by atoms with van der Waals surface area (Å²) in [6, 6.07) is 5.62. The average Bonchev–Trinajstić information content (AvgIpc) is 2.45. The fraction of sp³-hybridized carbons (Fsp3) is 0.562. The van der Waals surface area contributed by atoms with Crippen LogP contribution in [-0.4, -0.2) is 23.1 Å². The summed E-state index contributed by atoms with van der Waals surface area (Å²) in [7, 11) is 0. The molecule has 104 valence electrons. The van der Waals surface area contributed by atoms with Gasteiger partial charge in [-0.2, -0.15) is 0 Å². The van der Waals surface area contributed by atoms with E-state index in [-0.39, 0.29) is 5.78 Å². The van der Waals surface area contributed by atoms with Crippen LogP contribution in [0.5, 0.6) is 5.75 Å². The van der Waals surface area contributed by atoms with Crippen molar-refractivity contribution in [3.05, 3.63) is 29.3 Å². The second-order valence-corrected chi connectivity index (χ2v) is 5.32. The fourth-order valence-corrected chi connectivity index (χ4v) is 2.38. The quantitative estimate of drug-likeness (QED) is 0.886. The van der Waals surface area contributed by atoms with Crippen LogP contribution in [0.25, 0.3) is 0 Å². The van der Waals surface area contributed by atoms with Gasteiger partial charge in [0, 0.05) is 12.0 Å². The van der Waals surface area contributed by atoms with Crippen LogP contribution >= 0.6 is 0 Å². The molecule has 0 heterocycles. The van der Waals surface area contributed by atoms with E-state index in [1.807, 2.05) is 32.0 Å². The van der Waals surface area contributed by atoms with Crippen molar-refractivity contribution in [1.82, 2.24) is 0 Å². The molecular formula is C16H22O3. The SMILES string of the molecule is CCC(O)(CC)COc1ccc2c(c1)CCCC2=O. The number of hydrogen-bond donors (Lipinski definition) is 1. The highest BCUT2D eigenvalue weighted by Crippen LogP contribution is 2.26. The number of carbonyl (C=O) groups is 1. The van der Waals surface area contributed by atoms with Crippen LogP contribution in [0.2, 0.25) is 0 Å². The summed E-state index contributed by atoms with van der Waals surface area (Å²) in [5, 5.41) is 10.2. The van der Waals surface area contributed by atoms with E-state index >= 15 is 0 Å². The van der Waals surface area contributed by atoms with Gasteiger partial charge < -0.3 is 9.84 Å². The zero-order chi connectivity index (χ0) is 13.9. The highest BCUT2D eigenvalue weighted by atomic mass is 16.5. The Morgan fingerprint density at radius 1 is 1.26 bits per heavy atom. The lowest BCUT2D eigenvalue weighted by molar-refractivity contribution is -0.0113. The predicted octanol–water partition coefficient (Wildman–Crippen LogP) is 3.14. The van der Waals surface area contributed by atoms with Crippen molar-refractivity contribution in [3.63, 3.8) is 0 Å². The van der Waals surface area contributed by atoms with Crippen LogP contribution in [0.3, 0.4) is 0 Å². The minimum absolute atomic E-state index is 0.228. The Hall–Kier alpha value is -1.35. The summed E-state index contributed by atoms with van der Waals surface area (Å²) in [5.41, 5.74) is 1.15. The number of ether oxygens (including phenoxy) is 1. The lowest BCUT2D eigenvalue weighted by atomic mass is 9.90. The largest absolute Gasteiger partial charge is 0.491 e. The van der Waals surface area contributed by atoms with Crippen molar-refractivity contribution in [2.75, 3.05) is 6.61 Å². The smallest absolute Gasteiger partial charge is 0.163 e. The van der Waals surface area contributed by atoms with E-state index in [1.165, 1.54) is 0 Å². The molecule has 0 aromatic heterocycles. The van der Waals surface area contributed by atoms with Crippen LogP contribution in [0.1, 0.15) is 55.5 Å². The Labute approximate surface area is 114 Å². The van der Waals surface area contributed by atoms with Crippen molar-refractivity contribution in [2.45, 2.75) is 51.6 Å². The molecule has 3 heteroatoms. The van der Waals surface area contributed by atoms with E-state index in [9.17, 15) is 9.90 Å². The third kappa shape index (κ3) is 3.16. The molecule has 0 atom stereocenters. The number of carbonyl (C=O) groups excluding carboxylic acids is 1. The normalized spacial score (nSPS) is 15.2. The molecule has 0 spiro atoms. The summed E-state index contributed by atoms with van der Waals surface area (Å²) in [6.07, 6.45) is 3.85. The average molecular weight is 262 g/mol. The molecule has 0 bridgehead atoms. The maximum Gasteiger partial charge on any atom is 0.163 e. The Kier molecular flexibility index (Phi) is 4.25. The first-order chi connectivity index (χ1) is 9.08. The Balaban J connectivity index is 2.08. The summed E-state index contributed by atoms with van der Waals surface area (Å²) >= 11 is 0. The summed E-state index contributed by atoms with van der Waals surface area (Å²) in [4.78, 5) is 11.7. The highest BCUT2D eigenvalue weighted by molar-refractivity contribution is 5.98. The predicted molar refractivity (Wildman–Crippen MR) is 74.7 cm³/mol. The Morgan fingerprint density at radius 2 is 2.00 bits per heavy atom. The molecule has 1 aliphatic carbocycles. The standard InChI is InChI=1S/C16H22O3/c1-3-16(18,4-2)11-19-13-8-9-14-12(10-13)6-5-7-15(14)17/h8-10,18H,3-7,11H2,1-2H3. The molecule has 1 aromatic rings. The molecule has 3 nitrogen and oxygen atoms in total. The molecule has 0 aliphatic heterocycles. The van der Waals surface area contributed by atoms with Crippen molar-refractivity contribution < 1.29 is 14.6 Å². The Morgan fingerprint density at radius 3 is 2.68 bits per heavy atom. The van der Waals surface area contributed by atoms with Crippen LogP contribution in [-0.2, 0) is 6.42 Å². The van der Waals surface area contributed by atoms with Gasteiger partial charge in [0.1, 0.15) is 12.4 Å². The van der Waals surface area contributed by atoms with E-state index in [0.717, 1.165) is 29.7 Å². The number of rotatable bonds is 5. The van der Waals surface area contributed by atoms with Gasteiger partial charge in [0.2, 0.25) is 0 Å². The van der Waals surface area contributed by atoms with Gasteiger partial charge >= 0.3 is 0 Å². The van der Waals surface area contributed by atoms with Gasteiger partial charge in [-0.1, -0.05) is 13.8 Å². The molecule has 1 aromatic carbocycles. The summed E-state index contributed by atoms with van der Waals surface area (Å²) in [5.74, 6) is 0.972. The first-order valence-electron chi connectivity index (χ1n) is 7.09. The van der Waals surface area contributed by atoms with Gasteiger partial charge in [-0.3, -0.25) is 4.79 Å². The monoisotopic (exact) mass is 262 g/mol. The van der Waals surface area contributed by atoms with Crippen molar-refractivity contribution in [1.29, 1.82) is 0 Å². The second kappa shape index (κ2) is 5.74. The molecule has 1 aliphatic rings. The van der Waals surface area contributed by atoms with E-state index in [4.69, 9.17) is 4.74 Å². The second-order valence-electron chi connectivity index (χ2n) is 5.32. The Bertz CT molecular complexity index is 461. The summed E-state index contributed by atoms with van der Waals surface area (Å²) < 4.78 is 5.69. The maximum absolute atomic E-state index is 11.7. The minimum atomic E-state index is -0.758. The van der Waals surface area contributed by atoms with Gasteiger partial charge in [-0.05, 0) is 49.4 Å². The minimum Gasteiger partial charge on any atom is -0.491 e. The van der Waals surface area contributed by atoms with Gasteiger partial charge in [0.15, 0.2) is 5.78 Å². The number of hydrogen-bond acceptors (Lipinski definition) is 3. The van der Waals surface area contributed by atoms with Crippen LogP contribution in [0.4, 0.5) is 0 Å². The van der Waals surface area contributed by atoms with Gasteiger partial charge in [-0.15, -0.1) is 0 Å². The van der Waals surface area contributed by atoms with Crippen molar-refractivity contribution >= 4 is 5.78 Å². The van der Waals surface area contributed by atoms with Gasteiger partial charge in [0.25, 0.3) is 0 Å². The van der Waals surface area contributed by atoms with Crippen molar-refractivity contribution in [2.24, 2.45) is 0 Å². The first kappa shape index (κ1) is 14.1. The lowest BCUT2D eigenvalue weighted by Crippen LogP contribution is -2.34. The topological polar surface area (TPSA) is 46.5 Å². The number of benzene rings is 1. The molecule has 0 saturated heterocycles. The molecule has 2 rings (SSSR count). The van der Waals surface area contributed by atoms with E-state index < -0.39 is 5.60 Å². The van der Waals surface area contributed by atoms with E-state index in [1.54, 1.807) is 0 Å². The molecular weight excluding hydrogens is 240 g/mol. The van der Waals surface area contributed by atoms with Crippen LogP contribution in [0, 0.1) is 0 Å². The number of Topliss-reactive ketones (excluding diaryl/α,β-unsaturated/α-hetero) is 1. The van der Waals surface area contributed by atoms with E-state index in [2.05, 4.69) is 0 Å². The maximum atomic E-state index is 11.7. The third-order valence-electron chi connectivity index (χ3n) is 4.05. The molecule has 0 amide bonds. The molecule has 0 fully saturated rings. The lowest BCUT2D eigenvalue weighted by Gasteiger charge is -2.25. The number of ketones is 1. The highest BCUT2D eigenvalue weighted by Gasteiger charge is 2.23. The molecule has 0 saturated carbocycles. The molecule has 19 heavy (non-hydrogen) atoms. The third-order valence-corrected chi connectivity index (χ3v) is 4.05.